The van der Waals surface area contributed by atoms with E-state index in [0.29, 0.717) is 18.5 Å². The Bertz CT molecular complexity index is 486. The van der Waals surface area contributed by atoms with Crippen LogP contribution in [-0.2, 0) is 9.53 Å². The van der Waals surface area contributed by atoms with E-state index in [-0.39, 0.29) is 17.9 Å². The quantitative estimate of drug-likeness (QED) is 0.586. The highest BCUT2D eigenvalue weighted by molar-refractivity contribution is 5.93. The van der Waals surface area contributed by atoms with Crippen LogP contribution in [0.5, 0.6) is 5.75 Å². The van der Waals surface area contributed by atoms with Gasteiger partial charge in [0.1, 0.15) is 11.3 Å². The highest BCUT2D eigenvalue weighted by atomic mass is 16.5. The number of benzene rings is 1. The predicted octanol–water partition coefficient (Wildman–Crippen LogP) is 2.08. The fourth-order valence-electron chi connectivity index (χ4n) is 1.67. The number of esters is 1. The third-order valence-corrected chi connectivity index (χ3v) is 2.59. The molecule has 6 heteroatoms. The molecule has 6 nitrogen and oxygen atoms in total. The van der Waals surface area contributed by atoms with E-state index >= 15 is 0 Å². The first-order chi connectivity index (χ1) is 9.49. The summed E-state index contributed by atoms with van der Waals surface area (Å²) in [6, 6.07) is 4.44. The minimum absolute atomic E-state index is 0.134. The Morgan fingerprint density at radius 1 is 1.35 bits per heavy atom. The average molecular weight is 281 g/mol. The Balaban J connectivity index is 3.04. The van der Waals surface area contributed by atoms with E-state index in [9.17, 15) is 9.59 Å². The number of rotatable bonds is 7. The van der Waals surface area contributed by atoms with Gasteiger partial charge in [-0.15, -0.1) is 0 Å². The van der Waals surface area contributed by atoms with Gasteiger partial charge in [0.15, 0.2) is 6.10 Å². The van der Waals surface area contributed by atoms with Crippen LogP contribution in [0.25, 0.3) is 0 Å². The number of aliphatic carboxylic acids is 1. The number of carbonyl (C=O) groups excluding carboxylic acids is 1. The first-order valence-electron chi connectivity index (χ1n) is 6.45. The van der Waals surface area contributed by atoms with Gasteiger partial charge in [0.25, 0.3) is 0 Å². The van der Waals surface area contributed by atoms with Gasteiger partial charge in [0.2, 0.25) is 0 Å². The summed E-state index contributed by atoms with van der Waals surface area (Å²) in [6.07, 6.45) is -0.000329. The molecule has 1 rings (SSSR count). The molecule has 0 saturated carbocycles. The molecule has 0 amide bonds. The number of hydrogen-bond donors (Lipinski definition) is 2. The molecule has 0 bridgehead atoms. The maximum Gasteiger partial charge on any atom is 0.344 e. The monoisotopic (exact) mass is 281 g/mol. The van der Waals surface area contributed by atoms with Gasteiger partial charge in [-0.3, -0.25) is 0 Å². The highest BCUT2D eigenvalue weighted by Gasteiger charge is 2.22. The molecule has 1 aromatic carbocycles. The number of anilines is 1. The summed E-state index contributed by atoms with van der Waals surface area (Å²) >= 11 is 0. The van der Waals surface area contributed by atoms with Crippen LogP contribution in [-0.4, -0.2) is 29.8 Å². The molecule has 110 valence electrons. The van der Waals surface area contributed by atoms with E-state index in [1.807, 2.05) is 6.92 Å². The van der Waals surface area contributed by atoms with Crippen LogP contribution >= 0.6 is 0 Å². The zero-order valence-corrected chi connectivity index (χ0v) is 11.6. The zero-order chi connectivity index (χ0) is 15.1. The lowest BCUT2D eigenvalue weighted by Crippen LogP contribution is -2.27. The standard InChI is InChI=1S/C14H19NO5/c1-3-5-12(13(16)17)20-11-7-6-9(15)8-10(11)14(18)19-4-2/h6-8,12H,3-5,15H2,1-2H3,(H,16,17). The number of carboxylic acid groups (broad SMARTS) is 1. The van der Waals surface area contributed by atoms with E-state index in [1.165, 1.54) is 12.1 Å². The lowest BCUT2D eigenvalue weighted by Gasteiger charge is -2.17. The molecule has 3 N–H and O–H groups in total. The molecule has 1 atom stereocenters. The SMILES string of the molecule is CCCC(Oc1ccc(N)cc1C(=O)OCC)C(=O)O. The Hall–Kier alpha value is -2.24. The summed E-state index contributed by atoms with van der Waals surface area (Å²) in [5.41, 5.74) is 6.14. The third-order valence-electron chi connectivity index (χ3n) is 2.59. The van der Waals surface area contributed by atoms with Crippen molar-refractivity contribution in [3.05, 3.63) is 23.8 Å². The van der Waals surface area contributed by atoms with Gasteiger partial charge in [0.05, 0.1) is 6.61 Å². The third kappa shape index (κ3) is 4.15. The normalized spacial score (nSPS) is 11.7. The summed E-state index contributed by atoms with van der Waals surface area (Å²) in [5, 5.41) is 9.09. The average Bonchev–Trinajstić information content (AvgIpc) is 2.40. The molecule has 20 heavy (non-hydrogen) atoms. The lowest BCUT2D eigenvalue weighted by atomic mass is 10.1. The number of carboxylic acids is 1. The molecule has 0 heterocycles. The molecule has 0 aliphatic carbocycles. The van der Waals surface area contributed by atoms with Crippen molar-refractivity contribution in [2.75, 3.05) is 12.3 Å². The molecule has 0 aliphatic rings. The van der Waals surface area contributed by atoms with Crippen molar-refractivity contribution < 1.29 is 24.2 Å². The van der Waals surface area contributed by atoms with Crippen LogP contribution in [0.15, 0.2) is 18.2 Å². The molecule has 0 saturated heterocycles. The van der Waals surface area contributed by atoms with Crippen molar-refractivity contribution in [3.8, 4) is 5.75 Å². The largest absolute Gasteiger partial charge is 0.479 e. The molecule has 1 unspecified atom stereocenters. The van der Waals surface area contributed by atoms with Crippen molar-refractivity contribution >= 4 is 17.6 Å². The summed E-state index contributed by atoms with van der Waals surface area (Å²) in [6.45, 7) is 3.75. The number of nitrogens with two attached hydrogens (primary N) is 1. The van der Waals surface area contributed by atoms with Crippen molar-refractivity contribution in [2.45, 2.75) is 32.8 Å². The van der Waals surface area contributed by atoms with E-state index in [0.717, 1.165) is 0 Å². The summed E-state index contributed by atoms with van der Waals surface area (Å²) in [7, 11) is 0. The van der Waals surface area contributed by atoms with Gasteiger partial charge < -0.3 is 20.3 Å². The lowest BCUT2D eigenvalue weighted by molar-refractivity contribution is -0.145. The summed E-state index contributed by atoms with van der Waals surface area (Å²) < 4.78 is 10.3. The van der Waals surface area contributed by atoms with Crippen LogP contribution in [0.2, 0.25) is 0 Å². The van der Waals surface area contributed by atoms with E-state index in [2.05, 4.69) is 0 Å². The van der Waals surface area contributed by atoms with Gasteiger partial charge in [-0.2, -0.15) is 0 Å². The second-order valence-electron chi connectivity index (χ2n) is 4.21. The second-order valence-corrected chi connectivity index (χ2v) is 4.21. The highest BCUT2D eigenvalue weighted by Crippen LogP contribution is 2.24. The zero-order valence-electron chi connectivity index (χ0n) is 11.6. The second kappa shape index (κ2) is 7.37. The Kier molecular flexibility index (Phi) is 5.83. The van der Waals surface area contributed by atoms with Crippen molar-refractivity contribution in [1.82, 2.24) is 0 Å². The van der Waals surface area contributed by atoms with Crippen molar-refractivity contribution in [3.63, 3.8) is 0 Å². The van der Waals surface area contributed by atoms with Gasteiger partial charge in [-0.1, -0.05) is 13.3 Å². The molecule has 0 spiro atoms. The van der Waals surface area contributed by atoms with Crippen LogP contribution in [0.1, 0.15) is 37.0 Å². The number of nitrogen functional groups attached to an aromatic ring is 1. The van der Waals surface area contributed by atoms with Crippen molar-refractivity contribution in [1.29, 1.82) is 0 Å². The summed E-state index contributed by atoms with van der Waals surface area (Å²) in [5.74, 6) is -1.49. The molecule has 1 aromatic rings. The molecular weight excluding hydrogens is 262 g/mol. The Labute approximate surface area is 117 Å². The van der Waals surface area contributed by atoms with Crippen molar-refractivity contribution in [2.24, 2.45) is 0 Å². The van der Waals surface area contributed by atoms with Crippen LogP contribution in [0.4, 0.5) is 5.69 Å². The van der Waals surface area contributed by atoms with E-state index in [4.69, 9.17) is 20.3 Å². The van der Waals surface area contributed by atoms with Crippen LogP contribution in [0, 0.1) is 0 Å². The minimum atomic E-state index is -1.07. The predicted molar refractivity (Wildman–Crippen MR) is 73.8 cm³/mol. The number of carbonyl (C=O) groups is 2. The first-order valence-corrected chi connectivity index (χ1v) is 6.45. The Morgan fingerprint density at radius 2 is 2.05 bits per heavy atom. The topological polar surface area (TPSA) is 98.9 Å². The first kappa shape index (κ1) is 15.8. The minimum Gasteiger partial charge on any atom is -0.479 e. The molecule has 0 fully saturated rings. The number of hydrogen-bond acceptors (Lipinski definition) is 5. The number of ether oxygens (including phenoxy) is 2. The van der Waals surface area contributed by atoms with Gasteiger partial charge >= 0.3 is 11.9 Å². The Morgan fingerprint density at radius 3 is 2.60 bits per heavy atom. The van der Waals surface area contributed by atoms with Gasteiger partial charge in [0, 0.05) is 5.69 Å². The van der Waals surface area contributed by atoms with E-state index < -0.39 is 18.0 Å². The smallest absolute Gasteiger partial charge is 0.344 e. The molecule has 0 aliphatic heterocycles. The van der Waals surface area contributed by atoms with Crippen LogP contribution in [0.3, 0.4) is 0 Å². The molecule has 0 aromatic heterocycles. The van der Waals surface area contributed by atoms with E-state index in [1.54, 1.807) is 13.0 Å². The molecular formula is C14H19NO5. The van der Waals surface area contributed by atoms with Gasteiger partial charge in [-0.05, 0) is 31.5 Å². The summed E-state index contributed by atoms with van der Waals surface area (Å²) in [4.78, 5) is 22.9. The molecule has 0 radical (unpaired) electrons. The van der Waals surface area contributed by atoms with Gasteiger partial charge in [-0.25, -0.2) is 9.59 Å². The maximum absolute atomic E-state index is 11.8. The van der Waals surface area contributed by atoms with Crippen LogP contribution < -0.4 is 10.5 Å². The fraction of sp³-hybridized carbons (Fsp3) is 0.429. The fourth-order valence-corrected chi connectivity index (χ4v) is 1.67. The maximum atomic E-state index is 11.8.